The van der Waals surface area contributed by atoms with Crippen LogP contribution in [0.5, 0.6) is 0 Å². The van der Waals surface area contributed by atoms with Crippen molar-refractivity contribution >= 4 is 49.8 Å². The summed E-state index contributed by atoms with van der Waals surface area (Å²) in [5.74, 6) is -0.815. The summed E-state index contributed by atoms with van der Waals surface area (Å²) >= 11 is 2.52. The predicted molar refractivity (Wildman–Crippen MR) is 121 cm³/mol. The van der Waals surface area contributed by atoms with E-state index in [1.807, 2.05) is 13.8 Å². The van der Waals surface area contributed by atoms with E-state index in [4.69, 9.17) is 4.74 Å². The Balaban J connectivity index is 1.98. The molecular weight excluding hydrogens is 422 g/mol. The molecule has 160 valence electrons. The van der Waals surface area contributed by atoms with Gasteiger partial charge in [-0.15, -0.1) is 22.7 Å². The molecule has 1 amide bonds. The van der Waals surface area contributed by atoms with Crippen LogP contribution in [0.15, 0.2) is 11.1 Å². The van der Waals surface area contributed by atoms with Crippen LogP contribution >= 0.6 is 22.7 Å². The van der Waals surface area contributed by atoms with Gasteiger partial charge in [0.2, 0.25) is 0 Å². The second-order valence-electron chi connectivity index (χ2n) is 6.99. The topological polar surface area (TPSA) is 90.3 Å². The average Bonchev–Trinajstić information content (AvgIpc) is 3.18. The SMILES string of the molecule is CCCCn1cnc2sc(C(=O)Nc3sc(C)c(C)c3C(=O)OCC)c(C)c2c1=O. The minimum absolute atomic E-state index is 0.128. The fraction of sp³-hybridized carbons (Fsp3) is 0.429. The lowest BCUT2D eigenvalue weighted by Gasteiger charge is -2.07. The molecule has 3 aromatic rings. The van der Waals surface area contributed by atoms with Crippen LogP contribution in [0, 0.1) is 20.8 Å². The summed E-state index contributed by atoms with van der Waals surface area (Å²) in [6, 6.07) is 0. The molecule has 0 bridgehead atoms. The van der Waals surface area contributed by atoms with Crippen LogP contribution in [-0.4, -0.2) is 28.0 Å². The molecule has 0 saturated heterocycles. The number of hydrogen-bond acceptors (Lipinski definition) is 7. The number of rotatable bonds is 7. The number of nitrogens with one attached hydrogen (secondary N) is 1. The van der Waals surface area contributed by atoms with Crippen LogP contribution in [0.25, 0.3) is 10.2 Å². The van der Waals surface area contributed by atoms with Gasteiger partial charge in [0, 0.05) is 11.4 Å². The number of aryl methyl sites for hydroxylation is 3. The molecule has 3 heterocycles. The van der Waals surface area contributed by atoms with Gasteiger partial charge in [-0.2, -0.15) is 0 Å². The zero-order valence-electron chi connectivity index (χ0n) is 17.7. The van der Waals surface area contributed by atoms with Crippen molar-refractivity contribution in [2.24, 2.45) is 0 Å². The molecule has 0 radical (unpaired) electrons. The largest absolute Gasteiger partial charge is 0.462 e. The van der Waals surface area contributed by atoms with Crippen molar-refractivity contribution in [3.05, 3.63) is 43.1 Å². The van der Waals surface area contributed by atoms with Crippen molar-refractivity contribution < 1.29 is 14.3 Å². The number of ether oxygens (including phenoxy) is 1. The number of esters is 1. The Morgan fingerprint density at radius 3 is 2.57 bits per heavy atom. The lowest BCUT2D eigenvalue weighted by Crippen LogP contribution is -2.20. The first-order valence-corrected chi connectivity index (χ1v) is 11.5. The van der Waals surface area contributed by atoms with Gasteiger partial charge < -0.3 is 10.1 Å². The van der Waals surface area contributed by atoms with Gasteiger partial charge in [0.15, 0.2) is 0 Å². The smallest absolute Gasteiger partial charge is 0.341 e. The van der Waals surface area contributed by atoms with Crippen molar-refractivity contribution in [1.29, 1.82) is 0 Å². The minimum atomic E-state index is -0.455. The average molecular weight is 448 g/mol. The highest BCUT2D eigenvalue weighted by molar-refractivity contribution is 7.21. The molecule has 1 N–H and O–H groups in total. The predicted octanol–water partition coefficient (Wildman–Crippen LogP) is 4.67. The number of carbonyl (C=O) groups is 2. The Bertz CT molecular complexity index is 1170. The summed E-state index contributed by atoms with van der Waals surface area (Å²) < 4.78 is 6.74. The molecular formula is C21H25N3O4S2. The van der Waals surface area contributed by atoms with Crippen molar-refractivity contribution in [1.82, 2.24) is 9.55 Å². The highest BCUT2D eigenvalue weighted by Crippen LogP contribution is 2.34. The molecule has 7 nitrogen and oxygen atoms in total. The third kappa shape index (κ3) is 4.04. The van der Waals surface area contributed by atoms with Crippen LogP contribution in [0.3, 0.4) is 0 Å². The van der Waals surface area contributed by atoms with Gasteiger partial charge in [-0.1, -0.05) is 13.3 Å². The number of thiophene rings is 2. The van der Waals surface area contributed by atoms with E-state index < -0.39 is 5.97 Å². The Kier molecular flexibility index (Phi) is 6.72. The Labute approximate surface area is 182 Å². The first kappa shape index (κ1) is 22.2. The molecule has 30 heavy (non-hydrogen) atoms. The number of anilines is 1. The van der Waals surface area contributed by atoms with Gasteiger partial charge in [0.25, 0.3) is 11.5 Å². The van der Waals surface area contributed by atoms with Crippen molar-refractivity contribution in [3.63, 3.8) is 0 Å². The summed E-state index contributed by atoms with van der Waals surface area (Å²) in [5.41, 5.74) is 1.66. The van der Waals surface area contributed by atoms with Crippen LogP contribution in [0.2, 0.25) is 0 Å². The van der Waals surface area contributed by atoms with Crippen LogP contribution in [0.1, 0.15) is 62.7 Å². The number of carbonyl (C=O) groups excluding carboxylic acids is 2. The molecule has 0 aliphatic rings. The second-order valence-corrected chi connectivity index (χ2v) is 9.22. The van der Waals surface area contributed by atoms with Gasteiger partial charge in [-0.3, -0.25) is 14.2 Å². The zero-order valence-corrected chi connectivity index (χ0v) is 19.4. The van der Waals surface area contributed by atoms with Crippen LogP contribution in [-0.2, 0) is 11.3 Å². The summed E-state index contributed by atoms with van der Waals surface area (Å²) in [5, 5.41) is 3.79. The van der Waals surface area contributed by atoms with E-state index in [1.54, 1.807) is 24.7 Å². The lowest BCUT2D eigenvalue weighted by atomic mass is 10.1. The fourth-order valence-electron chi connectivity index (χ4n) is 3.19. The number of unbranched alkanes of at least 4 members (excludes halogenated alkanes) is 1. The maximum Gasteiger partial charge on any atom is 0.341 e. The molecule has 0 saturated carbocycles. The third-order valence-electron chi connectivity index (χ3n) is 4.97. The van der Waals surface area contributed by atoms with E-state index in [1.165, 1.54) is 22.7 Å². The summed E-state index contributed by atoms with van der Waals surface area (Å²) in [7, 11) is 0. The fourth-order valence-corrected chi connectivity index (χ4v) is 5.27. The van der Waals surface area contributed by atoms with Crippen LogP contribution in [0.4, 0.5) is 5.00 Å². The van der Waals surface area contributed by atoms with E-state index >= 15 is 0 Å². The van der Waals surface area contributed by atoms with E-state index in [9.17, 15) is 14.4 Å². The molecule has 0 aromatic carbocycles. The molecule has 3 aromatic heterocycles. The maximum absolute atomic E-state index is 13.0. The lowest BCUT2D eigenvalue weighted by molar-refractivity contribution is 0.0527. The number of nitrogens with zero attached hydrogens (tertiary/aromatic N) is 2. The van der Waals surface area contributed by atoms with Gasteiger partial charge in [-0.05, 0) is 45.2 Å². The summed E-state index contributed by atoms with van der Waals surface area (Å²) in [4.78, 5) is 44.5. The highest BCUT2D eigenvalue weighted by Gasteiger charge is 2.25. The monoisotopic (exact) mass is 447 g/mol. The van der Waals surface area contributed by atoms with Gasteiger partial charge >= 0.3 is 5.97 Å². The number of aromatic nitrogens is 2. The molecule has 0 aliphatic carbocycles. The zero-order chi connectivity index (χ0) is 22.0. The standard InChI is InChI=1S/C21H25N3O4S2/c1-6-8-9-24-10-22-18-14(20(24)26)12(4)16(30-18)17(25)23-19-15(21(27)28-7-2)11(3)13(5)29-19/h10H,6-9H2,1-5H3,(H,23,25). The molecule has 0 spiro atoms. The highest BCUT2D eigenvalue weighted by atomic mass is 32.1. The Hall–Kier alpha value is -2.52. The molecule has 0 unspecified atom stereocenters. The number of fused-ring (bicyclic) bond motifs is 1. The van der Waals surface area contributed by atoms with Crippen molar-refractivity contribution in [2.75, 3.05) is 11.9 Å². The van der Waals surface area contributed by atoms with E-state index in [0.29, 0.717) is 37.8 Å². The Morgan fingerprint density at radius 2 is 1.90 bits per heavy atom. The normalized spacial score (nSPS) is 11.1. The summed E-state index contributed by atoms with van der Waals surface area (Å²) in [6.07, 6.45) is 3.41. The third-order valence-corrected chi connectivity index (χ3v) is 7.29. The minimum Gasteiger partial charge on any atom is -0.462 e. The van der Waals surface area contributed by atoms with E-state index in [-0.39, 0.29) is 18.1 Å². The van der Waals surface area contributed by atoms with Gasteiger partial charge in [0.05, 0.1) is 28.8 Å². The quantitative estimate of drug-likeness (QED) is 0.531. The maximum atomic E-state index is 13.0. The van der Waals surface area contributed by atoms with Crippen molar-refractivity contribution in [3.8, 4) is 0 Å². The first-order valence-electron chi connectivity index (χ1n) is 9.87. The van der Waals surface area contributed by atoms with E-state index in [0.717, 1.165) is 23.3 Å². The number of hydrogen-bond donors (Lipinski definition) is 1. The van der Waals surface area contributed by atoms with Crippen LogP contribution < -0.4 is 10.9 Å². The molecule has 0 aliphatic heterocycles. The molecule has 0 atom stereocenters. The number of amides is 1. The summed E-state index contributed by atoms with van der Waals surface area (Å²) in [6.45, 7) is 10.2. The van der Waals surface area contributed by atoms with Gasteiger partial charge in [0.1, 0.15) is 9.83 Å². The van der Waals surface area contributed by atoms with Crippen molar-refractivity contribution in [2.45, 2.75) is 54.0 Å². The van der Waals surface area contributed by atoms with Gasteiger partial charge in [-0.25, -0.2) is 9.78 Å². The second kappa shape index (κ2) is 9.09. The van der Waals surface area contributed by atoms with E-state index in [2.05, 4.69) is 17.2 Å². The first-order chi connectivity index (χ1) is 14.3. The Morgan fingerprint density at radius 1 is 1.17 bits per heavy atom. The molecule has 3 rings (SSSR count). The molecule has 0 fully saturated rings. The molecule has 9 heteroatoms.